The number of hydrogen-bond acceptors (Lipinski definition) is 3. The van der Waals surface area contributed by atoms with Gasteiger partial charge in [-0.2, -0.15) is 13.1 Å². The maximum absolute atomic E-state index is 10.8. The van der Waals surface area contributed by atoms with E-state index in [1.54, 1.807) is 0 Å². The predicted octanol–water partition coefficient (Wildman–Crippen LogP) is -1.81. The summed E-state index contributed by atoms with van der Waals surface area (Å²) in [6.45, 7) is 0. The summed E-state index contributed by atoms with van der Waals surface area (Å²) in [5, 5.41) is 4.72. The van der Waals surface area contributed by atoms with Gasteiger partial charge in [0.15, 0.2) is 0 Å². The topological polar surface area (TPSA) is 115 Å². The predicted molar refractivity (Wildman–Crippen MR) is 42.0 cm³/mol. The van der Waals surface area contributed by atoms with E-state index in [0.29, 0.717) is 12.8 Å². The molecule has 1 rings (SSSR count). The average Bonchev–Trinajstić information content (AvgIpc) is 1.75. The summed E-state index contributed by atoms with van der Waals surface area (Å²) in [6, 6.07) is 0. The molecule has 12 heavy (non-hydrogen) atoms. The van der Waals surface area contributed by atoms with E-state index in [9.17, 15) is 13.2 Å². The van der Waals surface area contributed by atoms with Crippen molar-refractivity contribution in [2.45, 2.75) is 24.8 Å². The molecular weight excluding hydrogens is 182 g/mol. The Labute approximate surface area is 70.5 Å². The van der Waals surface area contributed by atoms with E-state index in [1.807, 2.05) is 4.72 Å². The fraction of sp³-hybridized carbons (Fsp3) is 0.800. The summed E-state index contributed by atoms with van der Waals surface area (Å²) in [6.07, 6.45) is 1.64. The zero-order chi connectivity index (χ0) is 9.41. The SMILES string of the molecule is NC(=O)C1(NS(N)(=O)=O)CCC1. The summed E-state index contributed by atoms with van der Waals surface area (Å²) in [4.78, 5) is 10.8. The van der Waals surface area contributed by atoms with Crippen LogP contribution in [-0.4, -0.2) is 19.9 Å². The van der Waals surface area contributed by atoms with Crippen LogP contribution in [0.4, 0.5) is 0 Å². The van der Waals surface area contributed by atoms with Crippen molar-refractivity contribution in [3.8, 4) is 0 Å². The molecule has 1 aliphatic rings. The Balaban J connectivity index is 2.76. The summed E-state index contributed by atoms with van der Waals surface area (Å²) in [5.41, 5.74) is 3.90. The highest BCUT2D eigenvalue weighted by molar-refractivity contribution is 7.87. The minimum atomic E-state index is -3.84. The second-order valence-corrected chi connectivity index (χ2v) is 4.24. The quantitative estimate of drug-likeness (QED) is 0.490. The molecule has 1 amide bonds. The van der Waals surface area contributed by atoms with E-state index in [4.69, 9.17) is 10.9 Å². The normalized spacial score (nSPS) is 21.4. The summed E-state index contributed by atoms with van der Waals surface area (Å²) in [5.74, 6) is -0.664. The van der Waals surface area contributed by atoms with Crippen molar-refractivity contribution in [1.29, 1.82) is 0 Å². The number of carbonyl (C=O) groups excluding carboxylic acids is 1. The molecule has 0 unspecified atom stereocenters. The van der Waals surface area contributed by atoms with Crippen molar-refractivity contribution >= 4 is 16.1 Å². The van der Waals surface area contributed by atoms with E-state index >= 15 is 0 Å². The maximum Gasteiger partial charge on any atom is 0.275 e. The zero-order valence-electron chi connectivity index (χ0n) is 6.41. The van der Waals surface area contributed by atoms with Gasteiger partial charge in [0, 0.05) is 0 Å². The minimum absolute atomic E-state index is 0.429. The Morgan fingerprint density at radius 3 is 2.00 bits per heavy atom. The highest BCUT2D eigenvalue weighted by atomic mass is 32.2. The van der Waals surface area contributed by atoms with Crippen LogP contribution in [0.2, 0.25) is 0 Å². The third-order valence-electron chi connectivity index (χ3n) is 2.02. The summed E-state index contributed by atoms with van der Waals surface area (Å²) in [7, 11) is -3.84. The van der Waals surface area contributed by atoms with Crippen LogP contribution in [0.25, 0.3) is 0 Å². The number of nitrogens with two attached hydrogens (primary N) is 2. The number of hydrogen-bond donors (Lipinski definition) is 3. The maximum atomic E-state index is 10.8. The highest BCUT2D eigenvalue weighted by Gasteiger charge is 2.44. The van der Waals surface area contributed by atoms with Gasteiger partial charge in [-0.1, -0.05) is 0 Å². The van der Waals surface area contributed by atoms with Gasteiger partial charge in [0.25, 0.3) is 10.2 Å². The van der Waals surface area contributed by atoms with Crippen molar-refractivity contribution in [2.75, 3.05) is 0 Å². The Kier molecular flexibility index (Phi) is 2.11. The van der Waals surface area contributed by atoms with E-state index in [0.717, 1.165) is 6.42 Å². The number of carbonyl (C=O) groups is 1. The second kappa shape index (κ2) is 2.68. The lowest BCUT2D eigenvalue weighted by molar-refractivity contribution is -0.126. The minimum Gasteiger partial charge on any atom is -0.368 e. The Morgan fingerprint density at radius 2 is 1.92 bits per heavy atom. The number of amides is 1. The third kappa shape index (κ3) is 1.74. The molecule has 1 aliphatic carbocycles. The fourth-order valence-electron chi connectivity index (χ4n) is 1.20. The molecule has 0 bridgehead atoms. The van der Waals surface area contributed by atoms with Crippen LogP contribution in [0.3, 0.4) is 0 Å². The van der Waals surface area contributed by atoms with E-state index in [-0.39, 0.29) is 0 Å². The van der Waals surface area contributed by atoms with Crippen LogP contribution in [0.1, 0.15) is 19.3 Å². The molecule has 1 saturated carbocycles. The van der Waals surface area contributed by atoms with Crippen molar-refractivity contribution in [1.82, 2.24) is 4.72 Å². The molecule has 0 atom stereocenters. The molecule has 0 saturated heterocycles. The monoisotopic (exact) mass is 193 g/mol. The van der Waals surface area contributed by atoms with Gasteiger partial charge in [0.1, 0.15) is 5.54 Å². The Hall–Kier alpha value is -0.660. The fourth-order valence-corrected chi connectivity index (χ4v) is 2.05. The first-order valence-electron chi connectivity index (χ1n) is 3.47. The van der Waals surface area contributed by atoms with E-state index < -0.39 is 21.7 Å². The van der Waals surface area contributed by atoms with E-state index in [1.165, 1.54) is 0 Å². The molecular formula is C5H11N3O3S. The molecule has 0 aromatic carbocycles. The van der Waals surface area contributed by atoms with Crippen LogP contribution in [0.5, 0.6) is 0 Å². The van der Waals surface area contributed by atoms with Crippen LogP contribution < -0.4 is 15.6 Å². The van der Waals surface area contributed by atoms with Crippen molar-refractivity contribution < 1.29 is 13.2 Å². The molecule has 0 radical (unpaired) electrons. The summed E-state index contributed by atoms with van der Waals surface area (Å²) < 4.78 is 23.2. The molecule has 0 aliphatic heterocycles. The standard InChI is InChI=1S/C5H11N3O3S/c6-4(9)5(2-1-3-5)8-12(7,10)11/h8H,1-3H2,(H2,6,9)(H2,7,10,11). The highest BCUT2D eigenvalue weighted by Crippen LogP contribution is 2.31. The van der Waals surface area contributed by atoms with Gasteiger partial charge in [-0.3, -0.25) is 4.79 Å². The first kappa shape index (κ1) is 9.43. The largest absolute Gasteiger partial charge is 0.368 e. The van der Waals surface area contributed by atoms with Gasteiger partial charge in [-0.05, 0) is 19.3 Å². The van der Waals surface area contributed by atoms with Crippen LogP contribution in [0.15, 0.2) is 0 Å². The molecule has 5 N–H and O–H groups in total. The molecule has 70 valence electrons. The average molecular weight is 193 g/mol. The Morgan fingerprint density at radius 1 is 1.42 bits per heavy atom. The van der Waals surface area contributed by atoms with Gasteiger partial charge >= 0.3 is 0 Å². The number of nitrogens with one attached hydrogen (secondary N) is 1. The molecule has 0 spiro atoms. The first-order valence-corrected chi connectivity index (χ1v) is 5.02. The van der Waals surface area contributed by atoms with Crippen molar-refractivity contribution in [3.05, 3.63) is 0 Å². The smallest absolute Gasteiger partial charge is 0.275 e. The van der Waals surface area contributed by atoms with E-state index in [2.05, 4.69) is 0 Å². The lowest BCUT2D eigenvalue weighted by atomic mass is 9.77. The molecule has 0 heterocycles. The van der Waals surface area contributed by atoms with Crippen LogP contribution in [-0.2, 0) is 15.0 Å². The molecule has 0 aromatic heterocycles. The van der Waals surface area contributed by atoms with Gasteiger partial charge in [-0.25, -0.2) is 5.14 Å². The van der Waals surface area contributed by atoms with Gasteiger partial charge in [0.2, 0.25) is 5.91 Å². The molecule has 0 aromatic rings. The van der Waals surface area contributed by atoms with Crippen LogP contribution >= 0.6 is 0 Å². The van der Waals surface area contributed by atoms with Gasteiger partial charge in [-0.15, -0.1) is 0 Å². The second-order valence-electron chi connectivity index (χ2n) is 2.95. The number of primary amides is 1. The number of rotatable bonds is 3. The van der Waals surface area contributed by atoms with Gasteiger partial charge in [0.05, 0.1) is 0 Å². The lowest BCUT2D eigenvalue weighted by Crippen LogP contribution is -2.62. The van der Waals surface area contributed by atoms with Crippen molar-refractivity contribution in [3.63, 3.8) is 0 Å². The third-order valence-corrected chi connectivity index (χ3v) is 2.69. The zero-order valence-corrected chi connectivity index (χ0v) is 7.23. The summed E-state index contributed by atoms with van der Waals surface area (Å²) >= 11 is 0. The molecule has 6 nitrogen and oxygen atoms in total. The molecule has 7 heteroatoms. The lowest BCUT2D eigenvalue weighted by Gasteiger charge is -2.38. The first-order chi connectivity index (χ1) is 5.36. The van der Waals surface area contributed by atoms with Gasteiger partial charge < -0.3 is 5.73 Å². The Bertz CT molecular complexity index is 293. The van der Waals surface area contributed by atoms with Crippen molar-refractivity contribution in [2.24, 2.45) is 10.9 Å². The molecule has 1 fully saturated rings. The van der Waals surface area contributed by atoms with Crippen LogP contribution in [0, 0.1) is 0 Å².